The van der Waals surface area contributed by atoms with E-state index in [-0.39, 0.29) is 11.5 Å². The van der Waals surface area contributed by atoms with Gasteiger partial charge in [0.05, 0.1) is 5.56 Å². The average molecular weight is 284 g/mol. The van der Waals surface area contributed by atoms with Crippen molar-refractivity contribution in [1.82, 2.24) is 0 Å². The molecule has 4 nitrogen and oxygen atoms in total. The second-order valence-electron chi connectivity index (χ2n) is 2.93. The van der Waals surface area contributed by atoms with Crippen molar-refractivity contribution >= 4 is 33.5 Å². The summed E-state index contributed by atoms with van der Waals surface area (Å²) in [6.07, 6.45) is 3.07. The molecule has 16 heavy (non-hydrogen) atoms. The fourth-order valence-electron chi connectivity index (χ4n) is 1.03. The molecule has 0 saturated carbocycles. The summed E-state index contributed by atoms with van der Waals surface area (Å²) < 4.78 is 0. The minimum absolute atomic E-state index is 0.189. The van der Waals surface area contributed by atoms with Crippen molar-refractivity contribution in [2.24, 2.45) is 0 Å². The highest BCUT2D eigenvalue weighted by Crippen LogP contribution is 2.09. The number of carbonyl (C=O) groups excluding carboxylic acids is 1. The Morgan fingerprint density at radius 2 is 1.94 bits per heavy atom. The van der Waals surface area contributed by atoms with Crippen LogP contribution in [0.4, 0.5) is 5.69 Å². The summed E-state index contributed by atoms with van der Waals surface area (Å²) in [5.74, 6) is -1.24. The standard InChI is InChI=1S/C11H10BrNO3/c12-7-1-2-10(14)13-9-5-3-8(4-6-9)11(15)16/h1-6H,7H2,(H,13,14)(H,15,16). The lowest BCUT2D eigenvalue weighted by Crippen LogP contribution is -2.08. The third kappa shape index (κ3) is 3.86. The number of hydrogen-bond acceptors (Lipinski definition) is 2. The van der Waals surface area contributed by atoms with E-state index in [4.69, 9.17) is 5.11 Å². The number of carboxylic acids is 1. The molecular formula is C11H10BrNO3. The lowest BCUT2D eigenvalue weighted by molar-refractivity contribution is -0.111. The summed E-state index contributed by atoms with van der Waals surface area (Å²) in [6, 6.07) is 5.96. The highest BCUT2D eigenvalue weighted by atomic mass is 79.9. The molecular weight excluding hydrogens is 274 g/mol. The van der Waals surface area contributed by atoms with E-state index in [0.29, 0.717) is 11.0 Å². The first-order valence-electron chi connectivity index (χ1n) is 4.50. The van der Waals surface area contributed by atoms with Gasteiger partial charge in [0.25, 0.3) is 0 Å². The Bertz CT molecular complexity index is 412. The van der Waals surface area contributed by atoms with E-state index in [9.17, 15) is 9.59 Å². The molecule has 0 aromatic heterocycles. The van der Waals surface area contributed by atoms with Crippen molar-refractivity contribution in [1.29, 1.82) is 0 Å². The number of carbonyl (C=O) groups is 2. The predicted octanol–water partition coefficient (Wildman–Crippen LogP) is 2.27. The molecule has 1 amide bonds. The second kappa shape index (κ2) is 6.07. The van der Waals surface area contributed by atoms with Gasteiger partial charge in [-0.3, -0.25) is 4.79 Å². The van der Waals surface area contributed by atoms with Gasteiger partial charge < -0.3 is 10.4 Å². The van der Waals surface area contributed by atoms with Gasteiger partial charge in [-0.1, -0.05) is 22.0 Å². The van der Waals surface area contributed by atoms with Crippen LogP contribution < -0.4 is 5.32 Å². The largest absolute Gasteiger partial charge is 0.478 e. The van der Waals surface area contributed by atoms with E-state index < -0.39 is 5.97 Å². The van der Waals surface area contributed by atoms with Crippen LogP contribution in [-0.2, 0) is 4.79 Å². The molecule has 0 atom stereocenters. The van der Waals surface area contributed by atoms with E-state index >= 15 is 0 Å². The van der Waals surface area contributed by atoms with Gasteiger partial charge in [0.2, 0.25) is 5.91 Å². The maximum absolute atomic E-state index is 11.3. The molecule has 0 aliphatic heterocycles. The average Bonchev–Trinajstić information content (AvgIpc) is 2.27. The summed E-state index contributed by atoms with van der Waals surface area (Å²) in [5.41, 5.74) is 0.753. The number of anilines is 1. The molecule has 0 heterocycles. The van der Waals surface area contributed by atoms with Crippen LogP contribution in [0.2, 0.25) is 0 Å². The molecule has 1 aromatic carbocycles. The number of nitrogens with one attached hydrogen (secondary N) is 1. The van der Waals surface area contributed by atoms with Crippen molar-refractivity contribution in [3.63, 3.8) is 0 Å². The topological polar surface area (TPSA) is 66.4 Å². The van der Waals surface area contributed by atoms with E-state index in [0.717, 1.165) is 0 Å². The number of amides is 1. The number of hydrogen-bond donors (Lipinski definition) is 2. The summed E-state index contributed by atoms with van der Waals surface area (Å²) in [5, 5.41) is 11.9. The highest BCUT2D eigenvalue weighted by molar-refractivity contribution is 9.09. The van der Waals surface area contributed by atoms with Gasteiger partial charge in [-0.15, -0.1) is 0 Å². The number of carboxylic acid groups (broad SMARTS) is 1. The quantitative estimate of drug-likeness (QED) is 0.658. The Labute approximate surface area is 101 Å². The van der Waals surface area contributed by atoms with Crippen molar-refractivity contribution in [3.8, 4) is 0 Å². The van der Waals surface area contributed by atoms with E-state index in [1.807, 2.05) is 0 Å². The molecule has 0 unspecified atom stereocenters. The molecule has 0 saturated heterocycles. The second-order valence-corrected chi connectivity index (χ2v) is 3.58. The van der Waals surface area contributed by atoms with Gasteiger partial charge in [0.1, 0.15) is 0 Å². The monoisotopic (exact) mass is 283 g/mol. The molecule has 5 heteroatoms. The van der Waals surface area contributed by atoms with Crippen LogP contribution in [0, 0.1) is 0 Å². The fraction of sp³-hybridized carbons (Fsp3) is 0.0909. The molecule has 0 spiro atoms. The molecule has 0 bridgehead atoms. The van der Waals surface area contributed by atoms with Crippen molar-refractivity contribution < 1.29 is 14.7 Å². The number of allylic oxidation sites excluding steroid dienone is 1. The zero-order chi connectivity index (χ0) is 12.0. The molecule has 0 aliphatic carbocycles. The molecule has 84 valence electrons. The Hall–Kier alpha value is -1.62. The first kappa shape index (κ1) is 12.4. The maximum atomic E-state index is 11.3. The third-order valence-electron chi connectivity index (χ3n) is 1.76. The number of alkyl halides is 1. The minimum Gasteiger partial charge on any atom is -0.478 e. The van der Waals surface area contributed by atoms with Crippen LogP contribution in [0.5, 0.6) is 0 Å². The first-order chi connectivity index (χ1) is 7.63. The summed E-state index contributed by atoms with van der Waals surface area (Å²) in [6.45, 7) is 0. The number of benzene rings is 1. The SMILES string of the molecule is O=C(C=CCBr)Nc1ccc(C(=O)O)cc1. The molecule has 0 aliphatic rings. The van der Waals surface area contributed by atoms with Gasteiger partial charge in [0, 0.05) is 17.1 Å². The Morgan fingerprint density at radius 1 is 1.31 bits per heavy atom. The molecule has 0 fully saturated rings. The van der Waals surface area contributed by atoms with Crippen LogP contribution in [0.15, 0.2) is 36.4 Å². The summed E-state index contributed by atoms with van der Waals surface area (Å²) in [7, 11) is 0. The van der Waals surface area contributed by atoms with Crippen LogP contribution >= 0.6 is 15.9 Å². The number of halogens is 1. The minimum atomic E-state index is -0.989. The Morgan fingerprint density at radius 3 is 2.44 bits per heavy atom. The van der Waals surface area contributed by atoms with Crippen molar-refractivity contribution in [3.05, 3.63) is 42.0 Å². The lowest BCUT2D eigenvalue weighted by atomic mass is 10.2. The van der Waals surface area contributed by atoms with Crippen LogP contribution in [0.25, 0.3) is 0 Å². The van der Waals surface area contributed by atoms with E-state index in [1.54, 1.807) is 18.2 Å². The molecule has 1 aromatic rings. The third-order valence-corrected chi connectivity index (χ3v) is 2.13. The van der Waals surface area contributed by atoms with Gasteiger partial charge in [-0.2, -0.15) is 0 Å². The summed E-state index contributed by atoms with van der Waals surface area (Å²) in [4.78, 5) is 21.8. The number of rotatable bonds is 4. The van der Waals surface area contributed by atoms with Crippen molar-refractivity contribution in [2.75, 3.05) is 10.6 Å². The van der Waals surface area contributed by atoms with Crippen LogP contribution in [0.3, 0.4) is 0 Å². The van der Waals surface area contributed by atoms with Gasteiger partial charge in [-0.25, -0.2) is 4.79 Å². The van der Waals surface area contributed by atoms with Crippen LogP contribution in [0.1, 0.15) is 10.4 Å². The Balaban J connectivity index is 2.65. The predicted molar refractivity (Wildman–Crippen MR) is 65.0 cm³/mol. The van der Waals surface area contributed by atoms with Gasteiger partial charge >= 0.3 is 5.97 Å². The van der Waals surface area contributed by atoms with Gasteiger partial charge in [0.15, 0.2) is 0 Å². The zero-order valence-electron chi connectivity index (χ0n) is 8.31. The Kier molecular flexibility index (Phi) is 4.72. The van der Waals surface area contributed by atoms with E-state index in [2.05, 4.69) is 21.2 Å². The van der Waals surface area contributed by atoms with E-state index in [1.165, 1.54) is 18.2 Å². The van der Waals surface area contributed by atoms with Gasteiger partial charge in [-0.05, 0) is 24.3 Å². The van der Waals surface area contributed by atoms with Crippen molar-refractivity contribution in [2.45, 2.75) is 0 Å². The first-order valence-corrected chi connectivity index (χ1v) is 5.62. The molecule has 1 rings (SSSR count). The van der Waals surface area contributed by atoms with Crippen LogP contribution in [-0.4, -0.2) is 22.3 Å². The maximum Gasteiger partial charge on any atom is 0.335 e. The number of aromatic carboxylic acids is 1. The highest BCUT2D eigenvalue weighted by Gasteiger charge is 2.02. The summed E-state index contributed by atoms with van der Waals surface area (Å²) >= 11 is 3.16. The fourth-order valence-corrected chi connectivity index (χ4v) is 1.22. The molecule has 0 radical (unpaired) electrons. The smallest absolute Gasteiger partial charge is 0.335 e. The lowest BCUT2D eigenvalue weighted by Gasteiger charge is -2.02. The molecule has 2 N–H and O–H groups in total. The zero-order valence-corrected chi connectivity index (χ0v) is 9.90. The normalized spacial score (nSPS) is 10.3.